The quantitative estimate of drug-likeness (QED) is 0.154. The Morgan fingerprint density at radius 2 is 1.45 bits per heavy atom. The van der Waals surface area contributed by atoms with Crippen molar-refractivity contribution in [2.75, 3.05) is 47.2 Å². The van der Waals surface area contributed by atoms with Gasteiger partial charge in [-0.15, -0.1) is 0 Å². The Morgan fingerprint density at radius 3 is 2.00 bits per heavy atom. The van der Waals surface area contributed by atoms with Crippen molar-refractivity contribution in [1.82, 2.24) is 10.3 Å². The van der Waals surface area contributed by atoms with Gasteiger partial charge in [-0.25, -0.2) is 9.78 Å². The molecule has 1 aromatic heterocycles. The molecule has 2 fully saturated rings. The molecular formula is C37H42N6O4. The maximum absolute atomic E-state index is 12.8. The van der Waals surface area contributed by atoms with E-state index in [-0.39, 0.29) is 23.9 Å². The summed E-state index contributed by atoms with van der Waals surface area (Å²) in [5.41, 5.74) is 13.0. The second-order valence-corrected chi connectivity index (χ2v) is 12.5. The number of carbonyl (C=O) groups is 2. The number of rotatable bonds is 9. The van der Waals surface area contributed by atoms with Crippen LogP contribution in [0.5, 0.6) is 0 Å². The molecule has 10 nitrogen and oxygen atoms in total. The molecule has 2 aliphatic rings. The molecule has 2 unspecified atom stereocenters. The Labute approximate surface area is 275 Å². The van der Waals surface area contributed by atoms with Crippen LogP contribution in [0, 0.1) is 5.92 Å². The van der Waals surface area contributed by atoms with Gasteiger partial charge in [0.1, 0.15) is 11.9 Å². The Balaban J connectivity index is 1.23. The fraction of sp³-hybridized carbons (Fsp3) is 0.324. The predicted octanol–water partition coefficient (Wildman–Crippen LogP) is 6.48. The number of hydrogen-bond donors (Lipinski definition) is 4. The molecule has 47 heavy (non-hydrogen) atoms. The summed E-state index contributed by atoms with van der Waals surface area (Å²) in [5.74, 6) is 0.397. The third kappa shape index (κ3) is 7.33. The van der Waals surface area contributed by atoms with Crippen LogP contribution in [0.4, 0.5) is 27.7 Å². The van der Waals surface area contributed by atoms with Gasteiger partial charge in [0, 0.05) is 41.9 Å². The van der Waals surface area contributed by atoms with Crippen LogP contribution in [-0.4, -0.2) is 54.4 Å². The number of amides is 2. The number of nitrogens with zero attached hydrogens (tertiary/aromatic N) is 3. The standard InChI is InChI=1S/C37H42N6O4/c1-24(2)35(41-37(45)46)36(44)40-30-12-5-27(6-13-30)33-17-16-32(26-3-10-29(38)11-4-26)43(33)31-14-7-25(8-15-31)28-9-18-34(39-23-28)42-19-21-47-22-20-42/h3-15,18,23-24,32-33,35,41H,16-17,19-22,38H2,1-2H3,(H,40,44)(H,45,46)/t32?,33?,35-/m0/s1. The molecule has 244 valence electrons. The number of nitrogens with one attached hydrogen (secondary N) is 2. The van der Waals surface area contributed by atoms with E-state index < -0.39 is 12.1 Å². The summed E-state index contributed by atoms with van der Waals surface area (Å²) in [4.78, 5) is 33.5. The first kappa shape index (κ1) is 31.9. The van der Waals surface area contributed by atoms with Crippen LogP contribution in [0.2, 0.25) is 0 Å². The first-order chi connectivity index (χ1) is 22.8. The first-order valence-electron chi connectivity index (χ1n) is 16.2. The molecule has 0 aliphatic carbocycles. The number of anilines is 4. The average Bonchev–Trinajstić information content (AvgIpc) is 3.53. The minimum Gasteiger partial charge on any atom is -0.465 e. The summed E-state index contributed by atoms with van der Waals surface area (Å²) in [7, 11) is 0. The van der Waals surface area contributed by atoms with Crippen LogP contribution >= 0.6 is 0 Å². The van der Waals surface area contributed by atoms with E-state index in [1.807, 2.05) is 42.6 Å². The lowest BCUT2D eigenvalue weighted by Crippen LogP contribution is -2.46. The SMILES string of the molecule is CC(C)[C@H](NC(=O)O)C(=O)Nc1ccc(C2CCC(c3ccc(N)cc3)N2c2ccc(-c3ccc(N4CCOCC4)nc3)cc2)cc1. The van der Waals surface area contributed by atoms with E-state index in [1.54, 1.807) is 13.8 Å². The number of hydrogen-bond acceptors (Lipinski definition) is 7. The highest BCUT2D eigenvalue weighted by Gasteiger charge is 2.35. The molecule has 3 aromatic carbocycles. The molecule has 3 heterocycles. The molecule has 4 aromatic rings. The predicted molar refractivity (Wildman–Crippen MR) is 186 cm³/mol. The van der Waals surface area contributed by atoms with E-state index in [0.29, 0.717) is 5.69 Å². The van der Waals surface area contributed by atoms with Crippen molar-refractivity contribution in [3.63, 3.8) is 0 Å². The highest BCUT2D eigenvalue weighted by molar-refractivity contribution is 5.96. The van der Waals surface area contributed by atoms with Gasteiger partial charge in [0.25, 0.3) is 0 Å². The van der Waals surface area contributed by atoms with Gasteiger partial charge in [0.05, 0.1) is 25.3 Å². The van der Waals surface area contributed by atoms with Gasteiger partial charge in [-0.3, -0.25) is 4.79 Å². The molecule has 0 spiro atoms. The number of pyridine rings is 1. The number of nitrogen functional groups attached to an aromatic ring is 1. The monoisotopic (exact) mass is 634 g/mol. The maximum Gasteiger partial charge on any atom is 0.405 e. The van der Waals surface area contributed by atoms with E-state index >= 15 is 0 Å². The zero-order valence-corrected chi connectivity index (χ0v) is 26.8. The maximum atomic E-state index is 12.8. The summed E-state index contributed by atoms with van der Waals surface area (Å²) in [6.07, 6.45) is 2.64. The smallest absolute Gasteiger partial charge is 0.405 e. The van der Waals surface area contributed by atoms with Crippen molar-refractivity contribution in [2.45, 2.75) is 44.8 Å². The lowest BCUT2D eigenvalue weighted by Gasteiger charge is -2.33. The summed E-state index contributed by atoms with van der Waals surface area (Å²) < 4.78 is 5.48. The number of carboxylic acid groups (broad SMARTS) is 1. The molecule has 0 bridgehead atoms. The Morgan fingerprint density at radius 1 is 0.851 bits per heavy atom. The van der Waals surface area contributed by atoms with E-state index in [4.69, 9.17) is 20.6 Å². The molecule has 0 radical (unpaired) electrons. The number of benzene rings is 3. The van der Waals surface area contributed by atoms with Gasteiger partial charge in [-0.1, -0.05) is 50.2 Å². The number of morpholine rings is 1. The number of ether oxygens (including phenoxy) is 1. The van der Waals surface area contributed by atoms with E-state index in [9.17, 15) is 9.59 Å². The van der Waals surface area contributed by atoms with Crippen LogP contribution in [0.3, 0.4) is 0 Å². The molecule has 2 saturated heterocycles. The molecule has 2 aliphatic heterocycles. The Hall–Kier alpha value is -5.09. The molecule has 0 saturated carbocycles. The fourth-order valence-electron chi connectivity index (χ4n) is 6.58. The number of carbonyl (C=O) groups excluding carboxylic acids is 1. The van der Waals surface area contributed by atoms with E-state index in [1.165, 1.54) is 5.56 Å². The van der Waals surface area contributed by atoms with Gasteiger partial charge in [-0.05, 0) is 84.0 Å². The third-order valence-corrected chi connectivity index (χ3v) is 9.08. The molecule has 6 rings (SSSR count). The second kappa shape index (κ2) is 14.1. The Kier molecular flexibility index (Phi) is 9.58. The van der Waals surface area contributed by atoms with Gasteiger partial charge in [-0.2, -0.15) is 0 Å². The fourth-order valence-corrected chi connectivity index (χ4v) is 6.58. The van der Waals surface area contributed by atoms with E-state index in [0.717, 1.165) is 73.0 Å². The highest BCUT2D eigenvalue weighted by Crippen LogP contribution is 2.47. The largest absolute Gasteiger partial charge is 0.465 e. The highest BCUT2D eigenvalue weighted by atomic mass is 16.5. The van der Waals surface area contributed by atoms with Gasteiger partial charge < -0.3 is 36.0 Å². The summed E-state index contributed by atoms with van der Waals surface area (Å²) >= 11 is 0. The normalized spacial score (nSPS) is 18.6. The summed E-state index contributed by atoms with van der Waals surface area (Å²) in [5, 5.41) is 14.3. The lowest BCUT2D eigenvalue weighted by molar-refractivity contribution is -0.119. The van der Waals surface area contributed by atoms with Crippen molar-refractivity contribution >= 4 is 34.9 Å². The Bertz CT molecular complexity index is 1650. The molecule has 5 N–H and O–H groups in total. The summed E-state index contributed by atoms with van der Waals surface area (Å²) in [6.45, 7) is 6.78. The van der Waals surface area contributed by atoms with Crippen LogP contribution in [-0.2, 0) is 9.53 Å². The molecule has 10 heteroatoms. The topological polar surface area (TPSA) is 133 Å². The van der Waals surface area contributed by atoms with Crippen LogP contribution in [0.25, 0.3) is 11.1 Å². The molecule has 2 amide bonds. The van der Waals surface area contributed by atoms with Crippen LogP contribution < -0.4 is 26.2 Å². The zero-order valence-electron chi connectivity index (χ0n) is 26.8. The first-order valence-corrected chi connectivity index (χ1v) is 16.2. The van der Waals surface area contributed by atoms with Crippen molar-refractivity contribution < 1.29 is 19.4 Å². The van der Waals surface area contributed by atoms with E-state index in [2.05, 4.69) is 69.0 Å². The molecular weight excluding hydrogens is 592 g/mol. The van der Waals surface area contributed by atoms with Gasteiger partial charge in [0.15, 0.2) is 0 Å². The van der Waals surface area contributed by atoms with Crippen molar-refractivity contribution in [2.24, 2.45) is 5.92 Å². The summed E-state index contributed by atoms with van der Waals surface area (Å²) in [6, 6.07) is 28.3. The zero-order chi connectivity index (χ0) is 32.9. The third-order valence-electron chi connectivity index (χ3n) is 9.08. The minimum absolute atomic E-state index is 0.111. The van der Waals surface area contributed by atoms with Crippen LogP contribution in [0.15, 0.2) is 91.1 Å². The van der Waals surface area contributed by atoms with Gasteiger partial charge in [0.2, 0.25) is 5.91 Å². The van der Waals surface area contributed by atoms with Crippen molar-refractivity contribution in [3.05, 3.63) is 102 Å². The second-order valence-electron chi connectivity index (χ2n) is 12.5. The number of aromatic nitrogens is 1. The van der Waals surface area contributed by atoms with Crippen LogP contribution in [0.1, 0.15) is 49.9 Å². The molecule has 3 atom stereocenters. The van der Waals surface area contributed by atoms with Crippen molar-refractivity contribution in [1.29, 1.82) is 0 Å². The average molecular weight is 635 g/mol. The number of nitrogens with two attached hydrogens (primary N) is 1. The lowest BCUT2D eigenvalue weighted by atomic mass is 10.0. The van der Waals surface area contributed by atoms with Gasteiger partial charge >= 0.3 is 6.09 Å². The van der Waals surface area contributed by atoms with Crippen molar-refractivity contribution in [3.8, 4) is 11.1 Å². The minimum atomic E-state index is -1.22.